The topological polar surface area (TPSA) is 189 Å². The molecule has 0 saturated carbocycles. The standard InChI is InChI=1S/C39H51NO11/c1-5-6-7-8-9-10-11-12-13-17-28(42)40-25-18-29(50-21(2)34(25)43)51-27-20-39(48,22(3)41)19-24-31(27)38(47)33-32(36(24)45)35(44)23-15-14-16-26(49-4)30(23)37(33)46/h14-16,21,25,27,29,34,43,45,47-48H,5-13,17-20H2,1-4H3,(H,40,42)/t21-,25-,27-,29-,34+,39-/m0/s1. The summed E-state index contributed by atoms with van der Waals surface area (Å²) in [5.74, 6) is -3.49. The van der Waals surface area contributed by atoms with Gasteiger partial charge in [0.25, 0.3) is 0 Å². The minimum absolute atomic E-state index is 0.000977. The monoisotopic (exact) mass is 709 g/mol. The number of ketones is 3. The fraction of sp³-hybridized carbons (Fsp3) is 0.590. The number of carbonyl (C=O) groups is 4. The van der Waals surface area contributed by atoms with E-state index in [4.69, 9.17) is 14.2 Å². The molecule has 0 spiro atoms. The lowest BCUT2D eigenvalue weighted by Crippen LogP contribution is -2.55. The van der Waals surface area contributed by atoms with Gasteiger partial charge in [-0.2, -0.15) is 0 Å². The van der Waals surface area contributed by atoms with Crippen LogP contribution in [0.2, 0.25) is 0 Å². The Morgan fingerprint density at radius 1 is 0.961 bits per heavy atom. The fourth-order valence-corrected chi connectivity index (χ4v) is 7.64. The number of amides is 1. The quantitative estimate of drug-likeness (QED) is 0.104. The first-order chi connectivity index (χ1) is 24.3. The molecule has 12 nitrogen and oxygen atoms in total. The Morgan fingerprint density at radius 3 is 2.25 bits per heavy atom. The maximum atomic E-state index is 13.9. The van der Waals surface area contributed by atoms with E-state index in [1.54, 1.807) is 6.92 Å². The molecule has 3 aliphatic rings. The number of hydrogen-bond donors (Lipinski definition) is 5. The number of carbonyl (C=O) groups excluding carboxylic acids is 4. The number of aliphatic hydroxyl groups excluding tert-OH is 1. The van der Waals surface area contributed by atoms with Crippen LogP contribution in [0.3, 0.4) is 0 Å². The lowest BCUT2D eigenvalue weighted by Gasteiger charge is -2.42. The summed E-state index contributed by atoms with van der Waals surface area (Å²) in [6.45, 7) is 5.00. The van der Waals surface area contributed by atoms with Crippen LogP contribution in [-0.2, 0) is 25.5 Å². The number of phenols is 2. The molecule has 1 amide bonds. The summed E-state index contributed by atoms with van der Waals surface area (Å²) in [6.07, 6.45) is 5.31. The third-order valence-electron chi connectivity index (χ3n) is 10.6. The molecule has 5 rings (SSSR count). The normalized spacial score (nSPS) is 25.5. The molecule has 1 fully saturated rings. The zero-order chi connectivity index (χ0) is 37.0. The zero-order valence-corrected chi connectivity index (χ0v) is 30.0. The first-order valence-electron chi connectivity index (χ1n) is 18.2. The fourth-order valence-electron chi connectivity index (χ4n) is 7.64. The van der Waals surface area contributed by atoms with Gasteiger partial charge in [-0.05, 0) is 26.3 Å². The van der Waals surface area contributed by atoms with Crippen molar-refractivity contribution in [3.8, 4) is 17.2 Å². The van der Waals surface area contributed by atoms with E-state index in [0.29, 0.717) is 6.42 Å². The maximum Gasteiger partial charge on any atom is 0.220 e. The molecule has 278 valence electrons. The van der Waals surface area contributed by atoms with Gasteiger partial charge in [-0.1, -0.05) is 70.4 Å². The smallest absolute Gasteiger partial charge is 0.220 e. The number of phenolic OH excluding ortho intramolecular Hbond substituents is 2. The molecule has 0 radical (unpaired) electrons. The molecule has 0 bridgehead atoms. The number of methoxy groups -OCH3 is 1. The van der Waals surface area contributed by atoms with Crippen LogP contribution in [-0.4, -0.2) is 80.9 Å². The number of hydrogen-bond acceptors (Lipinski definition) is 11. The van der Waals surface area contributed by atoms with Crippen LogP contribution in [0.1, 0.15) is 147 Å². The molecule has 2 aliphatic carbocycles. The van der Waals surface area contributed by atoms with Crippen LogP contribution >= 0.6 is 0 Å². The van der Waals surface area contributed by atoms with E-state index in [2.05, 4.69) is 12.2 Å². The van der Waals surface area contributed by atoms with E-state index in [-0.39, 0.29) is 46.8 Å². The van der Waals surface area contributed by atoms with Crippen molar-refractivity contribution < 1.29 is 53.8 Å². The van der Waals surface area contributed by atoms with E-state index in [1.807, 2.05) is 0 Å². The summed E-state index contributed by atoms with van der Waals surface area (Å²) in [5.41, 5.74) is -3.20. The molecule has 51 heavy (non-hydrogen) atoms. The molecular weight excluding hydrogens is 658 g/mol. The largest absolute Gasteiger partial charge is 0.507 e. The van der Waals surface area contributed by atoms with Gasteiger partial charge in [-0.25, -0.2) is 0 Å². The van der Waals surface area contributed by atoms with E-state index in [1.165, 1.54) is 64.3 Å². The maximum absolute atomic E-state index is 13.9. The van der Waals surface area contributed by atoms with Crippen molar-refractivity contribution >= 4 is 23.3 Å². The van der Waals surface area contributed by atoms with Gasteiger partial charge in [0.15, 0.2) is 17.9 Å². The van der Waals surface area contributed by atoms with Crippen LogP contribution in [0.4, 0.5) is 0 Å². The molecular formula is C39H51NO11. The third kappa shape index (κ3) is 7.84. The average Bonchev–Trinajstić information content (AvgIpc) is 3.09. The van der Waals surface area contributed by atoms with Gasteiger partial charge in [0, 0.05) is 42.4 Å². The summed E-state index contributed by atoms with van der Waals surface area (Å²) >= 11 is 0. The predicted octanol–water partition coefficient (Wildman–Crippen LogP) is 5.11. The lowest BCUT2D eigenvalue weighted by molar-refractivity contribution is -0.249. The van der Waals surface area contributed by atoms with Crippen LogP contribution in [0.15, 0.2) is 18.2 Å². The summed E-state index contributed by atoms with van der Waals surface area (Å²) in [7, 11) is 1.34. The molecule has 1 heterocycles. The molecule has 5 N–H and O–H groups in total. The number of benzene rings is 2. The van der Waals surface area contributed by atoms with Crippen molar-refractivity contribution in [3.63, 3.8) is 0 Å². The van der Waals surface area contributed by atoms with Gasteiger partial charge < -0.3 is 40.0 Å². The number of ether oxygens (including phenoxy) is 3. The number of aliphatic hydroxyl groups is 2. The second-order valence-corrected chi connectivity index (χ2v) is 14.2. The van der Waals surface area contributed by atoms with E-state index < -0.39 is 82.6 Å². The number of nitrogens with one attached hydrogen (secondary N) is 1. The summed E-state index contributed by atoms with van der Waals surface area (Å²) < 4.78 is 17.6. The Morgan fingerprint density at radius 2 is 1.61 bits per heavy atom. The molecule has 2 aromatic carbocycles. The first-order valence-corrected chi connectivity index (χ1v) is 18.2. The van der Waals surface area contributed by atoms with Crippen molar-refractivity contribution in [1.29, 1.82) is 0 Å². The second-order valence-electron chi connectivity index (χ2n) is 14.2. The van der Waals surface area contributed by atoms with Crippen molar-refractivity contribution in [3.05, 3.63) is 51.6 Å². The number of aromatic hydroxyl groups is 2. The highest BCUT2D eigenvalue weighted by Gasteiger charge is 2.49. The average molecular weight is 710 g/mol. The molecule has 12 heteroatoms. The highest BCUT2D eigenvalue weighted by Crippen LogP contribution is 2.52. The van der Waals surface area contributed by atoms with Crippen molar-refractivity contribution in [1.82, 2.24) is 5.32 Å². The SMILES string of the molecule is CCCCCCCCCCCC(=O)N[C@H]1C[C@H](O[C@H]2C[C@](O)(C(C)=O)Cc3c(O)c4c(c(O)c32)C(=O)c2c(OC)cccc2C4=O)O[C@@H](C)[C@H]1O. The van der Waals surface area contributed by atoms with Crippen molar-refractivity contribution in [2.45, 2.75) is 140 Å². The summed E-state index contributed by atoms with van der Waals surface area (Å²) in [5, 5.41) is 48.6. The number of fused-ring (bicyclic) bond motifs is 3. The Labute approximate surface area is 298 Å². The second kappa shape index (κ2) is 16.2. The minimum atomic E-state index is -2.05. The molecule has 2 aromatic rings. The Balaban J connectivity index is 1.36. The number of unbranched alkanes of at least 4 members (excludes halogenated alkanes) is 8. The van der Waals surface area contributed by atoms with E-state index in [9.17, 15) is 39.6 Å². The van der Waals surface area contributed by atoms with E-state index >= 15 is 0 Å². The van der Waals surface area contributed by atoms with Gasteiger partial charge in [0.1, 0.15) is 29.0 Å². The molecule has 0 unspecified atom stereocenters. The Hall–Kier alpha value is -3.84. The highest BCUT2D eigenvalue weighted by molar-refractivity contribution is 6.31. The van der Waals surface area contributed by atoms with Crippen LogP contribution in [0.5, 0.6) is 17.2 Å². The van der Waals surface area contributed by atoms with Gasteiger partial charge >= 0.3 is 0 Å². The van der Waals surface area contributed by atoms with Gasteiger partial charge in [0.2, 0.25) is 11.7 Å². The number of rotatable bonds is 15. The van der Waals surface area contributed by atoms with E-state index in [0.717, 1.165) is 25.7 Å². The number of Topliss-reactive ketones (excluding diaryl/α,β-unsaturated/α-hetero) is 1. The van der Waals surface area contributed by atoms with Gasteiger partial charge in [0.05, 0.1) is 42.0 Å². The van der Waals surface area contributed by atoms with Crippen LogP contribution in [0, 0.1) is 0 Å². The Bertz CT molecular complexity index is 1650. The van der Waals surface area contributed by atoms with Crippen molar-refractivity contribution in [2.75, 3.05) is 7.11 Å². The molecule has 1 saturated heterocycles. The minimum Gasteiger partial charge on any atom is -0.507 e. The first kappa shape index (κ1) is 38.4. The van der Waals surface area contributed by atoms with Crippen molar-refractivity contribution in [2.24, 2.45) is 0 Å². The zero-order valence-electron chi connectivity index (χ0n) is 30.0. The predicted molar refractivity (Wildman–Crippen MR) is 186 cm³/mol. The highest BCUT2D eigenvalue weighted by atomic mass is 16.7. The van der Waals surface area contributed by atoms with Gasteiger partial charge in [-0.3, -0.25) is 19.2 Å². The third-order valence-corrected chi connectivity index (χ3v) is 10.6. The lowest BCUT2D eigenvalue weighted by atomic mass is 9.72. The molecule has 1 aliphatic heterocycles. The van der Waals surface area contributed by atoms with Gasteiger partial charge in [-0.15, -0.1) is 0 Å². The van der Waals surface area contributed by atoms with Crippen LogP contribution in [0.25, 0.3) is 0 Å². The Kier molecular flexibility index (Phi) is 12.2. The summed E-state index contributed by atoms with van der Waals surface area (Å²) in [6, 6.07) is 3.70. The summed E-state index contributed by atoms with van der Waals surface area (Å²) in [4.78, 5) is 53.3. The molecule has 0 aromatic heterocycles. The molecule has 6 atom stereocenters. The van der Waals surface area contributed by atoms with Crippen LogP contribution < -0.4 is 10.1 Å².